The van der Waals surface area contributed by atoms with Gasteiger partial charge < -0.3 is 10.1 Å². The highest BCUT2D eigenvalue weighted by atomic mass is 16.5. The second-order valence-corrected chi connectivity index (χ2v) is 7.43. The minimum Gasteiger partial charge on any atom is -0.496 e. The van der Waals surface area contributed by atoms with Crippen molar-refractivity contribution in [2.24, 2.45) is 0 Å². The molecule has 0 bridgehead atoms. The summed E-state index contributed by atoms with van der Waals surface area (Å²) in [5, 5.41) is 3.67. The van der Waals surface area contributed by atoms with Gasteiger partial charge in [0.1, 0.15) is 5.75 Å². The molecule has 3 aromatic rings. The number of hydrogen-bond donors (Lipinski definition) is 1. The third-order valence-electron chi connectivity index (χ3n) is 5.20. The topological polar surface area (TPSA) is 38.3 Å². The lowest BCUT2D eigenvalue weighted by atomic mass is 9.98. The van der Waals surface area contributed by atoms with E-state index in [4.69, 9.17) is 4.74 Å². The van der Waals surface area contributed by atoms with E-state index in [-0.39, 0.29) is 11.8 Å². The molecule has 29 heavy (non-hydrogen) atoms. The average molecular weight is 388 g/mol. The van der Waals surface area contributed by atoms with E-state index in [1.807, 2.05) is 36.4 Å². The SMILES string of the molecule is COc1c(C)cc(N[C@H](CCCC(=O)c2ccccc2)c2ccccc2)cc1C. The van der Waals surface area contributed by atoms with Crippen LogP contribution in [0.2, 0.25) is 0 Å². The molecule has 0 aliphatic heterocycles. The van der Waals surface area contributed by atoms with Crippen molar-refractivity contribution >= 4 is 11.5 Å². The molecule has 0 amide bonds. The van der Waals surface area contributed by atoms with Crippen molar-refractivity contribution in [1.82, 2.24) is 0 Å². The van der Waals surface area contributed by atoms with Gasteiger partial charge in [0.2, 0.25) is 0 Å². The van der Waals surface area contributed by atoms with Gasteiger partial charge in [-0.2, -0.15) is 0 Å². The van der Waals surface area contributed by atoms with E-state index in [2.05, 4.69) is 55.6 Å². The molecule has 0 heterocycles. The zero-order valence-corrected chi connectivity index (χ0v) is 17.4. The summed E-state index contributed by atoms with van der Waals surface area (Å²) in [7, 11) is 1.71. The fraction of sp³-hybridized carbons (Fsp3) is 0.269. The van der Waals surface area contributed by atoms with Crippen molar-refractivity contribution in [2.75, 3.05) is 12.4 Å². The maximum atomic E-state index is 12.4. The zero-order chi connectivity index (χ0) is 20.6. The summed E-state index contributed by atoms with van der Waals surface area (Å²) in [6.07, 6.45) is 2.26. The lowest BCUT2D eigenvalue weighted by Crippen LogP contribution is -2.12. The minimum absolute atomic E-state index is 0.145. The molecule has 0 spiro atoms. The van der Waals surface area contributed by atoms with Crippen LogP contribution >= 0.6 is 0 Å². The predicted molar refractivity (Wildman–Crippen MR) is 120 cm³/mol. The van der Waals surface area contributed by atoms with Crippen LogP contribution in [-0.2, 0) is 0 Å². The fourth-order valence-electron chi connectivity index (χ4n) is 3.80. The van der Waals surface area contributed by atoms with Gasteiger partial charge >= 0.3 is 0 Å². The van der Waals surface area contributed by atoms with Crippen LogP contribution in [0, 0.1) is 13.8 Å². The first-order chi connectivity index (χ1) is 14.1. The van der Waals surface area contributed by atoms with E-state index in [0.29, 0.717) is 6.42 Å². The Morgan fingerprint density at radius 1 is 0.931 bits per heavy atom. The largest absolute Gasteiger partial charge is 0.496 e. The molecule has 0 radical (unpaired) electrons. The van der Waals surface area contributed by atoms with Crippen LogP contribution < -0.4 is 10.1 Å². The molecule has 0 saturated heterocycles. The number of benzene rings is 3. The Morgan fingerprint density at radius 3 is 2.10 bits per heavy atom. The van der Waals surface area contributed by atoms with Gasteiger partial charge in [-0.15, -0.1) is 0 Å². The third kappa shape index (κ3) is 5.47. The molecule has 0 aliphatic rings. The molecule has 0 aliphatic carbocycles. The van der Waals surface area contributed by atoms with Crippen LogP contribution in [0.15, 0.2) is 72.8 Å². The molecule has 1 N–H and O–H groups in total. The normalized spacial score (nSPS) is 11.7. The number of carbonyl (C=O) groups is 1. The van der Waals surface area contributed by atoms with Gasteiger partial charge in [-0.3, -0.25) is 4.79 Å². The molecule has 150 valence electrons. The van der Waals surface area contributed by atoms with Crippen molar-refractivity contribution < 1.29 is 9.53 Å². The maximum Gasteiger partial charge on any atom is 0.162 e. The van der Waals surface area contributed by atoms with Crippen molar-refractivity contribution in [1.29, 1.82) is 0 Å². The lowest BCUT2D eigenvalue weighted by molar-refractivity contribution is 0.0979. The van der Waals surface area contributed by atoms with Gasteiger partial charge in [0.15, 0.2) is 5.78 Å². The summed E-state index contributed by atoms with van der Waals surface area (Å²) >= 11 is 0. The first-order valence-corrected chi connectivity index (χ1v) is 10.1. The van der Waals surface area contributed by atoms with Crippen molar-refractivity contribution in [2.45, 2.75) is 39.2 Å². The van der Waals surface area contributed by atoms with Crippen molar-refractivity contribution in [3.05, 3.63) is 95.1 Å². The van der Waals surface area contributed by atoms with Crippen LogP contribution in [0.25, 0.3) is 0 Å². The number of carbonyl (C=O) groups excluding carboxylic acids is 1. The van der Waals surface area contributed by atoms with Crippen LogP contribution in [0.5, 0.6) is 5.75 Å². The van der Waals surface area contributed by atoms with Crippen molar-refractivity contribution in [3.8, 4) is 5.75 Å². The zero-order valence-electron chi connectivity index (χ0n) is 17.4. The third-order valence-corrected chi connectivity index (χ3v) is 5.20. The Hall–Kier alpha value is -3.07. The number of hydrogen-bond acceptors (Lipinski definition) is 3. The number of anilines is 1. The molecular weight excluding hydrogens is 358 g/mol. The summed E-state index contributed by atoms with van der Waals surface area (Å²) in [5.74, 6) is 1.13. The highest BCUT2D eigenvalue weighted by molar-refractivity contribution is 5.95. The number of nitrogens with one attached hydrogen (secondary N) is 1. The molecular formula is C26H29NO2. The quantitative estimate of drug-likeness (QED) is 0.425. The number of ketones is 1. The maximum absolute atomic E-state index is 12.4. The first kappa shape index (κ1) is 20.7. The van der Waals surface area contributed by atoms with Gasteiger partial charge in [0.25, 0.3) is 0 Å². The van der Waals surface area contributed by atoms with Crippen molar-refractivity contribution in [3.63, 3.8) is 0 Å². The van der Waals surface area contributed by atoms with Crippen LogP contribution in [-0.4, -0.2) is 12.9 Å². The fourth-order valence-corrected chi connectivity index (χ4v) is 3.80. The minimum atomic E-state index is 0.145. The van der Waals surface area contributed by atoms with Crippen LogP contribution in [0.1, 0.15) is 52.4 Å². The van der Waals surface area contributed by atoms with Crippen LogP contribution in [0.4, 0.5) is 5.69 Å². The monoisotopic (exact) mass is 387 g/mol. The van der Waals surface area contributed by atoms with Gasteiger partial charge in [-0.25, -0.2) is 0 Å². The summed E-state index contributed by atoms with van der Waals surface area (Å²) < 4.78 is 5.49. The molecule has 3 rings (SSSR count). The molecule has 0 unspecified atom stereocenters. The van der Waals surface area contributed by atoms with Crippen LogP contribution in [0.3, 0.4) is 0 Å². The first-order valence-electron chi connectivity index (χ1n) is 10.1. The Morgan fingerprint density at radius 2 is 1.52 bits per heavy atom. The van der Waals surface area contributed by atoms with Gasteiger partial charge in [0, 0.05) is 17.7 Å². The van der Waals surface area contributed by atoms with Gasteiger partial charge in [-0.1, -0.05) is 60.7 Å². The number of aryl methyl sites for hydroxylation is 2. The second-order valence-electron chi connectivity index (χ2n) is 7.43. The van der Waals surface area contributed by atoms with E-state index < -0.39 is 0 Å². The van der Waals surface area contributed by atoms with E-state index in [0.717, 1.165) is 41.0 Å². The average Bonchev–Trinajstić information content (AvgIpc) is 2.74. The summed E-state index contributed by atoms with van der Waals surface area (Å²) in [4.78, 5) is 12.4. The highest BCUT2D eigenvalue weighted by Crippen LogP contribution is 2.30. The number of Topliss-reactive ketones (excluding diaryl/α,β-unsaturated/α-hetero) is 1. The predicted octanol–water partition coefficient (Wildman–Crippen LogP) is 6.52. The van der Waals surface area contributed by atoms with Gasteiger partial charge in [-0.05, 0) is 55.5 Å². The number of ether oxygens (including phenoxy) is 1. The molecule has 3 aromatic carbocycles. The van der Waals surface area contributed by atoms with E-state index >= 15 is 0 Å². The summed E-state index contributed by atoms with van der Waals surface area (Å²) in [6.45, 7) is 4.13. The van der Waals surface area contributed by atoms with E-state index in [1.165, 1.54) is 5.56 Å². The molecule has 1 atom stereocenters. The summed E-state index contributed by atoms with van der Waals surface area (Å²) in [6, 6.07) is 24.3. The van der Waals surface area contributed by atoms with E-state index in [1.54, 1.807) is 7.11 Å². The van der Waals surface area contributed by atoms with E-state index in [9.17, 15) is 4.79 Å². The molecule has 3 heteroatoms. The molecule has 3 nitrogen and oxygen atoms in total. The Labute approximate surface area is 173 Å². The Bertz CT molecular complexity index is 912. The lowest BCUT2D eigenvalue weighted by Gasteiger charge is -2.22. The van der Waals surface area contributed by atoms with Gasteiger partial charge in [0.05, 0.1) is 13.2 Å². The Kier molecular flexibility index (Phi) is 7.07. The number of methoxy groups -OCH3 is 1. The summed E-state index contributed by atoms with van der Waals surface area (Å²) in [5.41, 5.74) is 5.31. The second kappa shape index (κ2) is 9.92. The smallest absolute Gasteiger partial charge is 0.162 e. The molecule has 0 aromatic heterocycles. The molecule has 0 saturated carbocycles. The molecule has 0 fully saturated rings. The standard InChI is InChI=1S/C26H29NO2/c1-19-17-23(18-20(2)26(19)29-3)27-24(21-11-6-4-7-12-21)15-10-16-25(28)22-13-8-5-9-14-22/h4-9,11-14,17-18,24,27H,10,15-16H2,1-3H3/t24-/m1/s1. The number of rotatable bonds is 9. The Balaban J connectivity index is 1.71. The highest BCUT2D eigenvalue weighted by Gasteiger charge is 2.14.